The second-order valence-corrected chi connectivity index (χ2v) is 16.3. The van der Waals surface area contributed by atoms with Crippen LogP contribution in [0.2, 0.25) is 0 Å². The Labute approximate surface area is 219 Å². The highest BCUT2D eigenvalue weighted by Crippen LogP contribution is 2.77. The molecule has 0 aromatic rings. The summed E-state index contributed by atoms with van der Waals surface area (Å²) in [6.45, 7) is 20.3. The first-order chi connectivity index (χ1) is 16.4. The van der Waals surface area contributed by atoms with Gasteiger partial charge in [0.2, 0.25) is 0 Å². The number of fused-ring (bicyclic) bond motifs is 7. The molecule has 0 aromatic heterocycles. The number of rotatable bonds is 1. The summed E-state index contributed by atoms with van der Waals surface area (Å²) in [4.78, 5) is 26.3. The van der Waals surface area contributed by atoms with Crippen LogP contribution >= 0.6 is 0 Å². The van der Waals surface area contributed by atoms with E-state index >= 15 is 0 Å². The van der Waals surface area contributed by atoms with E-state index in [9.17, 15) is 14.7 Å². The van der Waals surface area contributed by atoms with Crippen LogP contribution in [-0.2, 0) is 14.3 Å². The van der Waals surface area contributed by atoms with Gasteiger partial charge < -0.3 is 9.84 Å². The predicted octanol–water partition coefficient (Wildman–Crippen LogP) is 7.11. The molecule has 204 valence electrons. The highest BCUT2D eigenvalue weighted by atomic mass is 16.5. The third-order valence-corrected chi connectivity index (χ3v) is 13.9. The van der Waals surface area contributed by atoms with Gasteiger partial charge >= 0.3 is 5.97 Å². The Morgan fingerprint density at radius 1 is 0.833 bits per heavy atom. The maximum Gasteiger partial charge on any atom is 0.302 e. The Bertz CT molecular complexity index is 967. The fourth-order valence-electron chi connectivity index (χ4n) is 11.4. The first-order valence-electron chi connectivity index (χ1n) is 14.8. The molecule has 0 spiro atoms. The summed E-state index contributed by atoms with van der Waals surface area (Å²) in [5, 5.41) is 12.8. The van der Waals surface area contributed by atoms with Crippen molar-refractivity contribution in [2.75, 3.05) is 0 Å². The molecule has 0 aliphatic heterocycles. The molecule has 1 unspecified atom stereocenters. The van der Waals surface area contributed by atoms with Crippen molar-refractivity contribution in [3.63, 3.8) is 0 Å². The number of ether oxygens (including phenoxy) is 1. The summed E-state index contributed by atoms with van der Waals surface area (Å²) >= 11 is 0. The van der Waals surface area contributed by atoms with Gasteiger partial charge in [-0.1, -0.05) is 55.4 Å². The maximum absolute atomic E-state index is 14.4. The SMILES string of the molecule is CC(=O)OC1CC[C@]2(C)[C@H]3CC(=O)[C@]4(O)[C@@H]5CC(C)(C)CC[C@]5(C)CC[C@@]4(C)[C@]3(C)CC[C@H]2C1(C)C. The fraction of sp³-hybridized carbons (Fsp3) is 0.938. The smallest absolute Gasteiger partial charge is 0.302 e. The van der Waals surface area contributed by atoms with Crippen LogP contribution in [0.15, 0.2) is 0 Å². The van der Waals surface area contributed by atoms with Crippen molar-refractivity contribution < 1.29 is 19.4 Å². The van der Waals surface area contributed by atoms with Crippen LogP contribution in [0.3, 0.4) is 0 Å². The second kappa shape index (κ2) is 7.60. The van der Waals surface area contributed by atoms with Crippen molar-refractivity contribution in [2.45, 2.75) is 138 Å². The van der Waals surface area contributed by atoms with E-state index in [2.05, 4.69) is 55.4 Å². The van der Waals surface area contributed by atoms with Gasteiger partial charge in [-0.2, -0.15) is 0 Å². The standard InChI is InChI=1S/C32H52O4/c1-20(33)36-25-11-12-29(7)21(27(25,4)5)10-13-30(8)22(29)18-24(34)32(35)23-19-26(2,3)14-15-28(23,6)16-17-31(30,32)9/h21-23,25,35H,10-19H2,1-9H3/t21-,22+,23+,25?,28+,29-,30+,31-,32+/m0/s1. The Kier molecular flexibility index (Phi) is 5.64. The molecule has 9 atom stereocenters. The molecular weight excluding hydrogens is 448 g/mol. The number of Topliss-reactive ketones (excluding diaryl/α,β-unsaturated/α-hetero) is 1. The van der Waals surface area contributed by atoms with Gasteiger partial charge in [-0.05, 0) is 91.3 Å². The zero-order valence-electron chi connectivity index (χ0n) is 24.6. The number of hydrogen-bond donors (Lipinski definition) is 1. The van der Waals surface area contributed by atoms with E-state index in [1.807, 2.05) is 0 Å². The molecule has 1 N–H and O–H groups in total. The third kappa shape index (κ3) is 3.15. The van der Waals surface area contributed by atoms with Gasteiger partial charge in [0.25, 0.3) is 0 Å². The maximum atomic E-state index is 14.4. The molecule has 0 saturated heterocycles. The number of aliphatic hydroxyl groups is 1. The molecule has 4 nitrogen and oxygen atoms in total. The molecule has 0 heterocycles. The van der Waals surface area contributed by atoms with Crippen LogP contribution in [0.25, 0.3) is 0 Å². The molecule has 5 rings (SSSR count). The van der Waals surface area contributed by atoms with E-state index in [4.69, 9.17) is 4.74 Å². The van der Waals surface area contributed by atoms with Crippen molar-refractivity contribution in [1.82, 2.24) is 0 Å². The quantitative estimate of drug-likeness (QED) is 0.390. The van der Waals surface area contributed by atoms with E-state index in [1.54, 1.807) is 0 Å². The minimum atomic E-state index is -1.24. The van der Waals surface area contributed by atoms with Gasteiger partial charge in [-0.3, -0.25) is 9.59 Å². The number of ketones is 1. The van der Waals surface area contributed by atoms with Crippen molar-refractivity contribution >= 4 is 11.8 Å². The summed E-state index contributed by atoms with van der Waals surface area (Å²) in [5.41, 5.74) is -1.66. The van der Waals surface area contributed by atoms with E-state index in [0.29, 0.717) is 12.3 Å². The third-order valence-electron chi connectivity index (χ3n) is 13.9. The van der Waals surface area contributed by atoms with Crippen molar-refractivity contribution in [1.29, 1.82) is 0 Å². The largest absolute Gasteiger partial charge is 0.462 e. The van der Waals surface area contributed by atoms with E-state index < -0.39 is 11.0 Å². The predicted molar refractivity (Wildman–Crippen MR) is 142 cm³/mol. The van der Waals surface area contributed by atoms with Gasteiger partial charge in [-0.25, -0.2) is 0 Å². The summed E-state index contributed by atoms with van der Waals surface area (Å²) in [6, 6.07) is 0. The average Bonchev–Trinajstić information content (AvgIpc) is 2.76. The van der Waals surface area contributed by atoms with Crippen molar-refractivity contribution in [2.24, 2.45) is 50.2 Å². The fourth-order valence-corrected chi connectivity index (χ4v) is 11.4. The van der Waals surface area contributed by atoms with E-state index in [1.165, 1.54) is 13.3 Å². The van der Waals surface area contributed by atoms with Gasteiger partial charge in [0, 0.05) is 30.1 Å². The lowest BCUT2D eigenvalue weighted by Crippen LogP contribution is -2.76. The number of carbonyl (C=O) groups is 2. The molecule has 0 radical (unpaired) electrons. The zero-order chi connectivity index (χ0) is 26.7. The Hall–Kier alpha value is -0.900. The molecule has 5 saturated carbocycles. The van der Waals surface area contributed by atoms with Gasteiger partial charge in [0.05, 0.1) is 0 Å². The number of esters is 1. The van der Waals surface area contributed by atoms with Crippen molar-refractivity contribution in [3.8, 4) is 0 Å². The highest BCUT2D eigenvalue weighted by Gasteiger charge is 2.77. The Morgan fingerprint density at radius 2 is 1.47 bits per heavy atom. The lowest BCUT2D eigenvalue weighted by Gasteiger charge is -2.75. The number of carbonyl (C=O) groups excluding carboxylic acids is 2. The first kappa shape index (κ1) is 26.7. The topological polar surface area (TPSA) is 63.6 Å². The summed E-state index contributed by atoms with van der Waals surface area (Å²) in [7, 11) is 0. The molecular formula is C32H52O4. The molecule has 0 bridgehead atoms. The Balaban J connectivity index is 1.57. The lowest BCUT2D eigenvalue weighted by molar-refractivity contribution is -0.293. The van der Waals surface area contributed by atoms with E-state index in [0.717, 1.165) is 51.4 Å². The molecule has 0 amide bonds. The zero-order valence-corrected chi connectivity index (χ0v) is 24.6. The lowest BCUT2D eigenvalue weighted by atomic mass is 9.30. The van der Waals surface area contributed by atoms with Crippen LogP contribution in [0.5, 0.6) is 0 Å². The van der Waals surface area contributed by atoms with Crippen LogP contribution in [0.4, 0.5) is 0 Å². The van der Waals surface area contributed by atoms with Gasteiger partial charge in [0.15, 0.2) is 5.78 Å². The summed E-state index contributed by atoms with van der Waals surface area (Å²) in [6.07, 6.45) is 9.67. The Morgan fingerprint density at radius 3 is 2.11 bits per heavy atom. The summed E-state index contributed by atoms with van der Waals surface area (Å²) < 4.78 is 5.85. The van der Waals surface area contributed by atoms with Crippen LogP contribution in [0, 0.1) is 50.2 Å². The minimum absolute atomic E-state index is 0.000263. The summed E-state index contributed by atoms with van der Waals surface area (Å²) in [5.74, 6) is 0.622. The van der Waals surface area contributed by atoms with Crippen LogP contribution in [0.1, 0.15) is 127 Å². The average molecular weight is 501 g/mol. The van der Waals surface area contributed by atoms with Gasteiger partial charge in [0.1, 0.15) is 11.7 Å². The van der Waals surface area contributed by atoms with Crippen LogP contribution in [-0.4, -0.2) is 28.6 Å². The van der Waals surface area contributed by atoms with Gasteiger partial charge in [-0.15, -0.1) is 0 Å². The molecule has 0 aromatic carbocycles. The highest BCUT2D eigenvalue weighted by molar-refractivity contribution is 5.90. The monoisotopic (exact) mass is 500 g/mol. The minimum Gasteiger partial charge on any atom is -0.462 e. The normalized spacial score (nSPS) is 53.3. The second-order valence-electron chi connectivity index (χ2n) is 16.3. The molecule has 4 heteroatoms. The molecule has 36 heavy (non-hydrogen) atoms. The molecule has 5 aliphatic carbocycles. The van der Waals surface area contributed by atoms with E-state index in [-0.39, 0.29) is 56.8 Å². The number of hydrogen-bond acceptors (Lipinski definition) is 4. The first-order valence-corrected chi connectivity index (χ1v) is 14.8. The molecule has 5 fully saturated rings. The van der Waals surface area contributed by atoms with Crippen LogP contribution < -0.4 is 0 Å². The molecule has 5 aliphatic rings. The van der Waals surface area contributed by atoms with Crippen molar-refractivity contribution in [3.05, 3.63) is 0 Å².